The average molecular weight is 825 g/mol. The van der Waals surface area contributed by atoms with Crippen molar-refractivity contribution in [3.63, 3.8) is 0 Å². The summed E-state index contributed by atoms with van der Waals surface area (Å²) in [5.41, 5.74) is 26.5. The van der Waals surface area contributed by atoms with E-state index in [1.165, 1.54) is 12.1 Å². The van der Waals surface area contributed by atoms with Crippen LogP contribution in [-0.2, 0) is 19.3 Å². The maximum atomic E-state index is 12.5. The van der Waals surface area contributed by atoms with Crippen LogP contribution in [0.2, 0.25) is 0 Å². The van der Waals surface area contributed by atoms with E-state index in [4.69, 9.17) is 27.1 Å². The second kappa shape index (κ2) is 27.2. The van der Waals surface area contributed by atoms with Crippen molar-refractivity contribution in [3.8, 4) is 47.4 Å². The fourth-order valence-corrected chi connectivity index (χ4v) is 4.43. The third-order valence-corrected chi connectivity index (χ3v) is 7.94. The fraction of sp³-hybridized carbons (Fsp3) is 0.250. The minimum absolute atomic E-state index is 0.0980. The Hall–Kier alpha value is -7.52. The van der Waals surface area contributed by atoms with Gasteiger partial charge in [0.05, 0.1) is 24.8 Å². The third kappa shape index (κ3) is 19.7. The van der Waals surface area contributed by atoms with Crippen molar-refractivity contribution in [2.24, 2.45) is 17.6 Å². The molecule has 13 nitrogen and oxygen atoms in total. The Bertz CT molecular complexity index is 2300. The number of nitrogens with two attached hydrogens (primary N) is 3. The van der Waals surface area contributed by atoms with Crippen molar-refractivity contribution in [1.82, 2.24) is 16.3 Å². The molecule has 4 aromatic carbocycles. The second-order valence-corrected chi connectivity index (χ2v) is 13.5. The number of aromatic carboxylic acids is 1. The summed E-state index contributed by atoms with van der Waals surface area (Å²) in [6, 6.07) is 26.4. The number of hydrogen-bond donors (Lipinski definition) is 7. The van der Waals surface area contributed by atoms with Crippen LogP contribution in [0.25, 0.3) is 0 Å². The maximum Gasteiger partial charge on any atom is 0.335 e. The van der Waals surface area contributed by atoms with E-state index in [1.807, 2.05) is 52.0 Å². The van der Waals surface area contributed by atoms with Crippen molar-refractivity contribution in [3.05, 3.63) is 130 Å². The van der Waals surface area contributed by atoms with Crippen LogP contribution in [0.1, 0.15) is 84.5 Å². The number of anilines is 2. The summed E-state index contributed by atoms with van der Waals surface area (Å²) in [5, 5.41) is 11.5. The van der Waals surface area contributed by atoms with Gasteiger partial charge in [-0.05, 0) is 146 Å². The summed E-state index contributed by atoms with van der Waals surface area (Å²) in [4.78, 5) is 55.9. The SMILES string of the molecule is CCONC(=O)[C@@H](N)C(C)C.CCONC(=O)[C@@H](NC(=O)c1ccc(C#CC#Cc2ccc(N)cc2)cc1)C(C)C.Nc1ccc(C#CC#Cc2ccc(C(=O)O)cc2)cc1. The minimum atomic E-state index is -0.951. The number of carboxylic acid groups (broad SMARTS) is 1. The van der Waals surface area contributed by atoms with E-state index < -0.39 is 18.1 Å². The molecule has 0 saturated heterocycles. The molecule has 13 heteroatoms. The standard InChI is InChI=1S/C24H25N3O3.C17H11NO2.C7H16N2O2/c1-4-30-27-24(29)22(17(2)3)26-23(28)20-13-9-18(10-14-20)7-5-6-8-19-11-15-21(25)16-12-19;18-16-11-7-14(8-12-16)4-2-1-3-13-5-9-15(10-6-13)17(19)20;1-4-11-9-7(10)6(8)5(2)3/h9-17,22H,4,25H2,1-3H3,(H,26,28)(H,27,29);5-12H,18H2,(H,19,20);5-6H,4,8H2,1-3H3,(H,9,10)/t22-;;6-/m0.0/s1. The molecule has 0 unspecified atom stereocenters. The molecule has 3 amide bonds. The summed E-state index contributed by atoms with van der Waals surface area (Å²) in [5.74, 6) is 20.7. The highest BCUT2D eigenvalue weighted by atomic mass is 16.7. The molecule has 0 radical (unpaired) electrons. The third-order valence-electron chi connectivity index (χ3n) is 7.94. The number of nitrogen functional groups attached to an aromatic ring is 2. The lowest BCUT2D eigenvalue weighted by Crippen LogP contribution is -2.49. The van der Waals surface area contributed by atoms with Gasteiger partial charge in [-0.1, -0.05) is 51.4 Å². The van der Waals surface area contributed by atoms with Gasteiger partial charge < -0.3 is 27.6 Å². The number of rotatable bonds is 11. The summed E-state index contributed by atoms with van der Waals surface area (Å²) < 4.78 is 0. The van der Waals surface area contributed by atoms with Crippen molar-refractivity contribution in [1.29, 1.82) is 0 Å². The molecule has 10 N–H and O–H groups in total. The lowest BCUT2D eigenvalue weighted by atomic mass is 10.0. The molecule has 0 aliphatic rings. The van der Waals surface area contributed by atoms with Crippen LogP contribution in [0.5, 0.6) is 0 Å². The first-order valence-corrected chi connectivity index (χ1v) is 19.2. The number of hydroxylamine groups is 2. The Morgan fingerprint density at radius 2 is 0.902 bits per heavy atom. The van der Waals surface area contributed by atoms with Gasteiger partial charge in [-0.15, -0.1) is 0 Å². The van der Waals surface area contributed by atoms with Crippen LogP contribution in [0, 0.1) is 59.2 Å². The largest absolute Gasteiger partial charge is 0.478 e. The van der Waals surface area contributed by atoms with Gasteiger partial charge in [-0.2, -0.15) is 0 Å². The monoisotopic (exact) mass is 824 g/mol. The smallest absolute Gasteiger partial charge is 0.335 e. The first kappa shape index (κ1) is 49.6. The van der Waals surface area contributed by atoms with E-state index in [2.05, 4.69) is 68.5 Å². The normalized spacial score (nSPS) is 10.6. The van der Waals surface area contributed by atoms with Crippen molar-refractivity contribution >= 4 is 35.1 Å². The lowest BCUT2D eigenvalue weighted by molar-refractivity contribution is -0.136. The van der Waals surface area contributed by atoms with Crippen LogP contribution in [0.15, 0.2) is 97.1 Å². The number of carboxylic acids is 1. The molecule has 0 fully saturated rings. The van der Waals surface area contributed by atoms with Crippen LogP contribution in [-0.4, -0.2) is 54.1 Å². The van der Waals surface area contributed by atoms with E-state index in [9.17, 15) is 19.2 Å². The van der Waals surface area contributed by atoms with Crippen LogP contribution < -0.4 is 33.5 Å². The zero-order valence-electron chi connectivity index (χ0n) is 35.1. The number of carbonyl (C=O) groups excluding carboxylic acids is 3. The summed E-state index contributed by atoms with van der Waals surface area (Å²) in [6.07, 6.45) is 0. The van der Waals surface area contributed by atoms with E-state index in [1.54, 1.807) is 74.5 Å². The number of benzene rings is 4. The number of nitrogens with one attached hydrogen (secondary N) is 3. The molecule has 0 aliphatic carbocycles. The quantitative estimate of drug-likeness (QED) is 0.0616. The van der Waals surface area contributed by atoms with E-state index in [-0.39, 0.29) is 35.1 Å². The molecular weight excluding hydrogens is 773 g/mol. The number of amides is 3. The van der Waals surface area contributed by atoms with Gasteiger partial charge >= 0.3 is 5.97 Å². The lowest BCUT2D eigenvalue weighted by Gasteiger charge is -2.21. The predicted molar refractivity (Wildman–Crippen MR) is 238 cm³/mol. The Morgan fingerprint density at radius 1 is 0.557 bits per heavy atom. The predicted octanol–water partition coefficient (Wildman–Crippen LogP) is 4.90. The number of carbonyl (C=O) groups is 4. The molecule has 0 bridgehead atoms. The second-order valence-electron chi connectivity index (χ2n) is 13.5. The molecule has 61 heavy (non-hydrogen) atoms. The van der Waals surface area contributed by atoms with E-state index in [0.717, 1.165) is 22.3 Å². The van der Waals surface area contributed by atoms with Gasteiger partial charge in [0, 0.05) is 39.2 Å². The highest BCUT2D eigenvalue weighted by Gasteiger charge is 2.25. The molecule has 4 aromatic rings. The summed E-state index contributed by atoms with van der Waals surface area (Å²) >= 11 is 0. The molecule has 0 heterocycles. The van der Waals surface area contributed by atoms with Crippen molar-refractivity contribution in [2.45, 2.75) is 53.6 Å². The molecule has 4 rings (SSSR count). The average Bonchev–Trinajstić information content (AvgIpc) is 3.25. The Balaban J connectivity index is 0.000000354. The van der Waals surface area contributed by atoms with Gasteiger partial charge in [-0.3, -0.25) is 24.1 Å². The van der Waals surface area contributed by atoms with Crippen LogP contribution in [0.4, 0.5) is 11.4 Å². The van der Waals surface area contributed by atoms with Gasteiger partial charge in [-0.25, -0.2) is 15.8 Å². The van der Waals surface area contributed by atoms with E-state index >= 15 is 0 Å². The molecule has 0 spiro atoms. The van der Waals surface area contributed by atoms with Gasteiger partial charge in [0.15, 0.2) is 0 Å². The summed E-state index contributed by atoms with van der Waals surface area (Å²) in [6.45, 7) is 11.8. The highest BCUT2D eigenvalue weighted by molar-refractivity contribution is 5.97. The molecule has 0 aliphatic heterocycles. The van der Waals surface area contributed by atoms with Gasteiger partial charge in [0.2, 0.25) is 0 Å². The molecule has 2 atom stereocenters. The zero-order valence-corrected chi connectivity index (χ0v) is 35.1. The highest BCUT2D eigenvalue weighted by Crippen LogP contribution is 2.08. The minimum Gasteiger partial charge on any atom is -0.478 e. The van der Waals surface area contributed by atoms with Crippen LogP contribution in [0.3, 0.4) is 0 Å². The molecule has 316 valence electrons. The maximum absolute atomic E-state index is 12.5. The number of hydrogen-bond acceptors (Lipinski definition) is 9. The first-order valence-electron chi connectivity index (χ1n) is 19.2. The Labute approximate surface area is 358 Å². The van der Waals surface area contributed by atoms with Crippen molar-refractivity contribution in [2.75, 3.05) is 24.7 Å². The Kier molecular flexibility index (Phi) is 22.1. The van der Waals surface area contributed by atoms with Crippen molar-refractivity contribution < 1.29 is 34.0 Å². The van der Waals surface area contributed by atoms with Gasteiger partial charge in [0.25, 0.3) is 17.7 Å². The van der Waals surface area contributed by atoms with Gasteiger partial charge in [0.1, 0.15) is 6.04 Å². The van der Waals surface area contributed by atoms with E-state index in [0.29, 0.717) is 30.2 Å². The molecule has 0 saturated carbocycles. The fourth-order valence-electron chi connectivity index (χ4n) is 4.43. The van der Waals surface area contributed by atoms with Crippen LogP contribution >= 0.6 is 0 Å². The summed E-state index contributed by atoms with van der Waals surface area (Å²) in [7, 11) is 0. The molecule has 0 aromatic heterocycles. The first-order chi connectivity index (χ1) is 29.1. The zero-order chi connectivity index (χ0) is 45.2. The topological polar surface area (TPSA) is 221 Å². The molecular formula is C48H52N6O7. The Morgan fingerprint density at radius 3 is 1.23 bits per heavy atom.